The van der Waals surface area contributed by atoms with Crippen LogP contribution in [0.25, 0.3) is 0 Å². The van der Waals surface area contributed by atoms with Gasteiger partial charge in [0.1, 0.15) is 11.5 Å². The summed E-state index contributed by atoms with van der Waals surface area (Å²) in [6, 6.07) is 14.4. The van der Waals surface area contributed by atoms with E-state index in [1.807, 2.05) is 52.0 Å². The second-order valence-electron chi connectivity index (χ2n) is 4.24. The summed E-state index contributed by atoms with van der Waals surface area (Å²) in [6.07, 6.45) is 0. The lowest BCUT2D eigenvalue weighted by atomic mass is 10.0. The van der Waals surface area contributed by atoms with Crippen LogP contribution in [0.1, 0.15) is 43.6 Å². The molecule has 0 unspecified atom stereocenters. The third-order valence-electron chi connectivity index (χ3n) is 2.86. The fourth-order valence-corrected chi connectivity index (χ4v) is 1.91. The van der Waals surface area contributed by atoms with Crippen LogP contribution in [-0.4, -0.2) is 19.0 Å². The van der Waals surface area contributed by atoms with Crippen molar-refractivity contribution in [1.29, 1.82) is 0 Å². The molecule has 3 heteroatoms. The highest BCUT2D eigenvalue weighted by Gasteiger charge is 2.09. The van der Waals surface area contributed by atoms with Crippen LogP contribution in [0.4, 0.5) is 0 Å². The number of ether oxygens (including phenoxy) is 2. The molecule has 0 aliphatic rings. The largest absolute Gasteiger partial charge is 0.494 e. The standard InChI is InChI=1S/C17H18O3.C2H6/c1-3-19-15-9-5-13(6-10-15)17(18)14-7-11-16(12-8-14)20-4-2;1-2/h5-12H,3-4H2,1-2H3;1-2H3. The Bertz CT molecular complexity index is 505. The van der Waals surface area contributed by atoms with Gasteiger partial charge < -0.3 is 9.47 Å². The minimum atomic E-state index is -0.00361. The van der Waals surface area contributed by atoms with E-state index < -0.39 is 0 Å². The van der Waals surface area contributed by atoms with E-state index in [-0.39, 0.29) is 5.78 Å². The van der Waals surface area contributed by atoms with Crippen LogP contribution in [0.3, 0.4) is 0 Å². The molecule has 118 valence electrons. The molecular weight excluding hydrogens is 276 g/mol. The van der Waals surface area contributed by atoms with E-state index in [1.165, 1.54) is 0 Å². The van der Waals surface area contributed by atoms with E-state index in [4.69, 9.17) is 9.47 Å². The summed E-state index contributed by atoms with van der Waals surface area (Å²) in [6.45, 7) is 9.09. The zero-order valence-electron chi connectivity index (χ0n) is 13.8. The monoisotopic (exact) mass is 300 g/mol. The van der Waals surface area contributed by atoms with Gasteiger partial charge in [0.2, 0.25) is 0 Å². The van der Waals surface area contributed by atoms with Crippen LogP contribution in [0.5, 0.6) is 11.5 Å². The van der Waals surface area contributed by atoms with Crippen LogP contribution >= 0.6 is 0 Å². The van der Waals surface area contributed by atoms with Gasteiger partial charge in [-0.2, -0.15) is 0 Å². The second-order valence-corrected chi connectivity index (χ2v) is 4.24. The lowest BCUT2D eigenvalue weighted by Crippen LogP contribution is -2.01. The molecule has 0 amide bonds. The van der Waals surface area contributed by atoms with Crippen LogP contribution in [0.2, 0.25) is 0 Å². The Kier molecular flexibility index (Phi) is 7.76. The second kappa shape index (κ2) is 9.61. The van der Waals surface area contributed by atoms with Gasteiger partial charge in [-0.1, -0.05) is 13.8 Å². The van der Waals surface area contributed by atoms with Crippen molar-refractivity contribution >= 4 is 5.78 Å². The number of carbonyl (C=O) groups is 1. The summed E-state index contributed by atoms with van der Waals surface area (Å²) < 4.78 is 10.7. The van der Waals surface area contributed by atoms with Crippen molar-refractivity contribution in [2.45, 2.75) is 27.7 Å². The average molecular weight is 300 g/mol. The van der Waals surface area contributed by atoms with Crippen molar-refractivity contribution in [3.63, 3.8) is 0 Å². The zero-order valence-corrected chi connectivity index (χ0v) is 13.8. The van der Waals surface area contributed by atoms with Crippen molar-refractivity contribution in [1.82, 2.24) is 0 Å². The van der Waals surface area contributed by atoms with E-state index in [2.05, 4.69) is 0 Å². The van der Waals surface area contributed by atoms with Crippen LogP contribution in [0, 0.1) is 0 Å². The van der Waals surface area contributed by atoms with E-state index in [0.717, 1.165) is 11.5 Å². The van der Waals surface area contributed by atoms with Gasteiger partial charge in [0.05, 0.1) is 13.2 Å². The highest BCUT2D eigenvalue weighted by molar-refractivity contribution is 6.09. The van der Waals surface area contributed by atoms with Crippen LogP contribution in [0.15, 0.2) is 48.5 Å². The summed E-state index contributed by atoms with van der Waals surface area (Å²) in [7, 11) is 0. The Hall–Kier alpha value is -2.29. The quantitative estimate of drug-likeness (QED) is 0.723. The summed E-state index contributed by atoms with van der Waals surface area (Å²) in [5.41, 5.74) is 1.30. The molecule has 0 fully saturated rings. The van der Waals surface area contributed by atoms with Gasteiger partial charge in [0, 0.05) is 11.1 Å². The Balaban J connectivity index is 0.00000116. The number of benzene rings is 2. The molecule has 22 heavy (non-hydrogen) atoms. The van der Waals surface area contributed by atoms with Gasteiger partial charge in [0.25, 0.3) is 0 Å². The van der Waals surface area contributed by atoms with Crippen molar-refractivity contribution in [3.8, 4) is 11.5 Å². The number of rotatable bonds is 6. The molecule has 3 nitrogen and oxygen atoms in total. The molecule has 2 rings (SSSR count). The highest BCUT2D eigenvalue weighted by atomic mass is 16.5. The Morgan fingerprint density at radius 2 is 1.05 bits per heavy atom. The Morgan fingerprint density at radius 3 is 1.32 bits per heavy atom. The number of carbonyl (C=O) groups excluding carboxylic acids is 1. The fourth-order valence-electron chi connectivity index (χ4n) is 1.91. The molecule has 0 N–H and O–H groups in total. The van der Waals surface area contributed by atoms with Crippen molar-refractivity contribution < 1.29 is 14.3 Å². The maximum Gasteiger partial charge on any atom is 0.193 e. The summed E-state index contributed by atoms with van der Waals surface area (Å²) in [4.78, 5) is 12.3. The lowest BCUT2D eigenvalue weighted by molar-refractivity contribution is 0.103. The van der Waals surface area contributed by atoms with Crippen molar-refractivity contribution in [2.24, 2.45) is 0 Å². The van der Waals surface area contributed by atoms with Gasteiger partial charge in [-0.05, 0) is 62.4 Å². The molecule has 0 saturated heterocycles. The van der Waals surface area contributed by atoms with E-state index >= 15 is 0 Å². The van der Waals surface area contributed by atoms with E-state index in [9.17, 15) is 4.79 Å². The lowest BCUT2D eigenvalue weighted by Gasteiger charge is -2.06. The third kappa shape index (κ3) is 4.92. The van der Waals surface area contributed by atoms with Crippen molar-refractivity contribution in [2.75, 3.05) is 13.2 Å². The van der Waals surface area contributed by atoms with Crippen molar-refractivity contribution in [3.05, 3.63) is 59.7 Å². The molecular formula is C19H24O3. The minimum Gasteiger partial charge on any atom is -0.494 e. The normalized spacial score (nSPS) is 9.45. The third-order valence-corrected chi connectivity index (χ3v) is 2.86. The molecule has 0 atom stereocenters. The fraction of sp³-hybridized carbons (Fsp3) is 0.316. The van der Waals surface area contributed by atoms with E-state index in [1.54, 1.807) is 24.3 Å². The number of hydrogen-bond acceptors (Lipinski definition) is 3. The van der Waals surface area contributed by atoms with Gasteiger partial charge in [0.15, 0.2) is 5.78 Å². The Labute approximate surface area is 132 Å². The molecule has 0 aliphatic carbocycles. The molecule has 0 aliphatic heterocycles. The highest BCUT2D eigenvalue weighted by Crippen LogP contribution is 2.18. The van der Waals surface area contributed by atoms with E-state index in [0.29, 0.717) is 24.3 Å². The molecule has 0 bridgehead atoms. The molecule has 0 heterocycles. The molecule has 2 aromatic rings. The maximum absolute atomic E-state index is 12.3. The maximum atomic E-state index is 12.3. The first kappa shape index (κ1) is 17.8. The SMILES string of the molecule is CC.CCOc1ccc(C(=O)c2ccc(OCC)cc2)cc1. The van der Waals surface area contributed by atoms with Gasteiger partial charge in [-0.15, -0.1) is 0 Å². The topological polar surface area (TPSA) is 35.5 Å². The summed E-state index contributed by atoms with van der Waals surface area (Å²) in [5, 5.41) is 0. The average Bonchev–Trinajstić information content (AvgIpc) is 2.58. The van der Waals surface area contributed by atoms with Crippen LogP contribution in [-0.2, 0) is 0 Å². The molecule has 2 aromatic carbocycles. The summed E-state index contributed by atoms with van der Waals surface area (Å²) in [5.74, 6) is 1.54. The van der Waals surface area contributed by atoms with Gasteiger partial charge >= 0.3 is 0 Å². The smallest absolute Gasteiger partial charge is 0.193 e. The number of hydrogen-bond donors (Lipinski definition) is 0. The van der Waals surface area contributed by atoms with Gasteiger partial charge in [-0.25, -0.2) is 0 Å². The molecule has 0 radical (unpaired) electrons. The predicted octanol–water partition coefficient (Wildman–Crippen LogP) is 4.74. The van der Waals surface area contributed by atoms with Crippen LogP contribution < -0.4 is 9.47 Å². The first-order valence-electron chi connectivity index (χ1n) is 7.75. The summed E-state index contributed by atoms with van der Waals surface area (Å²) >= 11 is 0. The first-order chi connectivity index (χ1) is 10.7. The Morgan fingerprint density at radius 1 is 0.727 bits per heavy atom. The molecule has 0 saturated carbocycles. The molecule has 0 aromatic heterocycles. The first-order valence-corrected chi connectivity index (χ1v) is 7.75. The predicted molar refractivity (Wildman–Crippen MR) is 90.0 cm³/mol. The molecule has 0 spiro atoms. The number of ketones is 1. The van der Waals surface area contributed by atoms with Gasteiger partial charge in [-0.3, -0.25) is 4.79 Å². The zero-order chi connectivity index (χ0) is 16.4. The minimum absolute atomic E-state index is 0.00361.